The molecule has 0 atom stereocenters. The van der Waals surface area contributed by atoms with Crippen LogP contribution in [0, 0.1) is 19.8 Å². The van der Waals surface area contributed by atoms with E-state index in [0.29, 0.717) is 0 Å². The molecule has 1 N–H and O–H groups in total. The zero-order valence-corrected chi connectivity index (χ0v) is 11.5. The first-order valence-electron chi connectivity index (χ1n) is 6.51. The van der Waals surface area contributed by atoms with Crippen molar-refractivity contribution < 1.29 is 4.74 Å². The lowest BCUT2D eigenvalue weighted by molar-refractivity contribution is 0.308. The van der Waals surface area contributed by atoms with Crippen molar-refractivity contribution in [3.63, 3.8) is 0 Å². The van der Waals surface area contributed by atoms with E-state index in [-0.39, 0.29) is 0 Å². The monoisotopic (exact) mass is 235 g/mol. The van der Waals surface area contributed by atoms with E-state index < -0.39 is 0 Å². The van der Waals surface area contributed by atoms with E-state index in [0.717, 1.165) is 31.4 Å². The second kappa shape index (κ2) is 7.33. The number of ether oxygens (including phenoxy) is 1. The van der Waals surface area contributed by atoms with Crippen LogP contribution in [0.2, 0.25) is 0 Å². The van der Waals surface area contributed by atoms with Gasteiger partial charge in [-0.25, -0.2) is 0 Å². The summed E-state index contributed by atoms with van der Waals surface area (Å²) in [6, 6.07) is 6.25. The third-order valence-electron chi connectivity index (χ3n) is 2.83. The third kappa shape index (κ3) is 5.22. The van der Waals surface area contributed by atoms with Crippen LogP contribution < -0.4 is 10.1 Å². The molecule has 96 valence electrons. The third-order valence-corrected chi connectivity index (χ3v) is 2.83. The van der Waals surface area contributed by atoms with Crippen LogP contribution in [0.5, 0.6) is 5.75 Å². The van der Waals surface area contributed by atoms with Crippen molar-refractivity contribution in [1.29, 1.82) is 0 Å². The van der Waals surface area contributed by atoms with Gasteiger partial charge in [-0.15, -0.1) is 0 Å². The summed E-state index contributed by atoms with van der Waals surface area (Å²) in [5, 5.41) is 3.40. The van der Waals surface area contributed by atoms with Gasteiger partial charge in [0, 0.05) is 6.54 Å². The van der Waals surface area contributed by atoms with E-state index >= 15 is 0 Å². The van der Waals surface area contributed by atoms with Gasteiger partial charge < -0.3 is 10.1 Å². The maximum absolute atomic E-state index is 5.81. The largest absolute Gasteiger partial charge is 0.492 e. The highest BCUT2D eigenvalue weighted by atomic mass is 16.5. The SMILES string of the molecule is Cc1cccc(C)c1OCCNCCC(C)C. The number of benzene rings is 1. The minimum atomic E-state index is 0.740. The fourth-order valence-electron chi connectivity index (χ4n) is 1.77. The van der Waals surface area contributed by atoms with Gasteiger partial charge in [0.25, 0.3) is 0 Å². The van der Waals surface area contributed by atoms with Gasteiger partial charge in [-0.05, 0) is 43.9 Å². The molecular weight excluding hydrogens is 210 g/mol. The summed E-state index contributed by atoms with van der Waals surface area (Å²) in [7, 11) is 0. The smallest absolute Gasteiger partial charge is 0.125 e. The molecule has 0 aliphatic rings. The predicted molar refractivity (Wildman–Crippen MR) is 73.7 cm³/mol. The standard InChI is InChI=1S/C15H25NO/c1-12(2)8-9-16-10-11-17-15-13(3)6-5-7-14(15)4/h5-7,12,16H,8-11H2,1-4H3. The maximum Gasteiger partial charge on any atom is 0.125 e. The molecule has 0 unspecified atom stereocenters. The molecule has 0 radical (unpaired) electrons. The summed E-state index contributed by atoms with van der Waals surface area (Å²) in [5.41, 5.74) is 2.43. The number of nitrogens with one attached hydrogen (secondary N) is 1. The maximum atomic E-state index is 5.81. The Labute approximate surface area is 105 Å². The van der Waals surface area contributed by atoms with Crippen molar-refractivity contribution in [2.24, 2.45) is 5.92 Å². The van der Waals surface area contributed by atoms with Crippen molar-refractivity contribution >= 4 is 0 Å². The van der Waals surface area contributed by atoms with Gasteiger partial charge >= 0.3 is 0 Å². The van der Waals surface area contributed by atoms with Gasteiger partial charge in [-0.2, -0.15) is 0 Å². The van der Waals surface area contributed by atoms with Crippen molar-refractivity contribution in [2.45, 2.75) is 34.1 Å². The number of para-hydroxylation sites is 1. The molecule has 1 aromatic rings. The molecule has 0 aromatic heterocycles. The summed E-state index contributed by atoms with van der Waals surface area (Å²) < 4.78 is 5.81. The van der Waals surface area contributed by atoms with Gasteiger partial charge in [0.15, 0.2) is 0 Å². The lowest BCUT2D eigenvalue weighted by atomic mass is 10.1. The molecule has 0 amide bonds. The number of hydrogen-bond acceptors (Lipinski definition) is 2. The van der Waals surface area contributed by atoms with Crippen LogP contribution in [0.4, 0.5) is 0 Å². The van der Waals surface area contributed by atoms with Crippen molar-refractivity contribution in [2.75, 3.05) is 19.7 Å². The molecule has 0 aliphatic heterocycles. The highest BCUT2D eigenvalue weighted by Gasteiger charge is 2.02. The molecule has 1 aromatic carbocycles. The highest BCUT2D eigenvalue weighted by molar-refractivity contribution is 5.39. The minimum absolute atomic E-state index is 0.740. The second-order valence-corrected chi connectivity index (χ2v) is 5.00. The molecule has 17 heavy (non-hydrogen) atoms. The zero-order chi connectivity index (χ0) is 12.7. The molecule has 0 bridgehead atoms. The summed E-state index contributed by atoms with van der Waals surface area (Å²) in [6.07, 6.45) is 1.23. The van der Waals surface area contributed by atoms with E-state index in [1.807, 2.05) is 0 Å². The van der Waals surface area contributed by atoms with Crippen molar-refractivity contribution in [3.8, 4) is 5.75 Å². The van der Waals surface area contributed by atoms with E-state index in [1.165, 1.54) is 17.5 Å². The Hall–Kier alpha value is -1.02. The fourth-order valence-corrected chi connectivity index (χ4v) is 1.77. The molecule has 0 saturated heterocycles. The quantitative estimate of drug-likeness (QED) is 0.732. The topological polar surface area (TPSA) is 21.3 Å². The molecule has 0 aliphatic carbocycles. The molecule has 0 spiro atoms. The summed E-state index contributed by atoms with van der Waals surface area (Å²) >= 11 is 0. The average Bonchev–Trinajstić information content (AvgIpc) is 2.26. The summed E-state index contributed by atoms with van der Waals surface area (Å²) in [5.74, 6) is 1.81. The van der Waals surface area contributed by atoms with E-state index in [9.17, 15) is 0 Å². The average molecular weight is 235 g/mol. The molecule has 1 rings (SSSR count). The predicted octanol–water partition coefficient (Wildman–Crippen LogP) is 3.32. The molecule has 0 heterocycles. The molecule has 2 heteroatoms. The Morgan fingerprint density at radius 1 is 1.12 bits per heavy atom. The van der Waals surface area contributed by atoms with Crippen molar-refractivity contribution in [1.82, 2.24) is 5.32 Å². The normalized spacial score (nSPS) is 10.9. The number of hydrogen-bond donors (Lipinski definition) is 1. The Morgan fingerprint density at radius 2 is 1.76 bits per heavy atom. The van der Waals surface area contributed by atoms with Gasteiger partial charge in [0.05, 0.1) is 0 Å². The lowest BCUT2D eigenvalue weighted by Gasteiger charge is -2.12. The van der Waals surface area contributed by atoms with Gasteiger partial charge in [-0.3, -0.25) is 0 Å². The Kier molecular flexibility index (Phi) is 6.06. The number of rotatable bonds is 7. The van der Waals surface area contributed by atoms with Crippen LogP contribution in [0.3, 0.4) is 0 Å². The van der Waals surface area contributed by atoms with E-state index in [4.69, 9.17) is 4.74 Å². The Morgan fingerprint density at radius 3 is 2.35 bits per heavy atom. The van der Waals surface area contributed by atoms with Crippen LogP contribution in [-0.4, -0.2) is 19.7 Å². The van der Waals surface area contributed by atoms with E-state index in [2.05, 4.69) is 51.2 Å². The number of aryl methyl sites for hydroxylation is 2. The lowest BCUT2D eigenvalue weighted by Crippen LogP contribution is -2.23. The first kappa shape index (κ1) is 14.0. The van der Waals surface area contributed by atoms with E-state index in [1.54, 1.807) is 0 Å². The second-order valence-electron chi connectivity index (χ2n) is 5.00. The summed E-state index contributed by atoms with van der Waals surface area (Å²) in [6.45, 7) is 11.4. The highest BCUT2D eigenvalue weighted by Crippen LogP contribution is 2.21. The summed E-state index contributed by atoms with van der Waals surface area (Å²) in [4.78, 5) is 0. The van der Waals surface area contributed by atoms with Gasteiger partial charge in [0.1, 0.15) is 12.4 Å². The molecular formula is C15H25NO. The van der Waals surface area contributed by atoms with Crippen molar-refractivity contribution in [3.05, 3.63) is 29.3 Å². The minimum Gasteiger partial charge on any atom is -0.492 e. The molecule has 0 fully saturated rings. The first-order chi connectivity index (χ1) is 8.11. The Balaban J connectivity index is 2.22. The van der Waals surface area contributed by atoms with Crippen LogP contribution >= 0.6 is 0 Å². The molecule has 0 saturated carbocycles. The van der Waals surface area contributed by atoms with Crippen LogP contribution in [0.25, 0.3) is 0 Å². The zero-order valence-electron chi connectivity index (χ0n) is 11.5. The van der Waals surface area contributed by atoms with Crippen LogP contribution in [-0.2, 0) is 0 Å². The fraction of sp³-hybridized carbons (Fsp3) is 0.600. The first-order valence-corrected chi connectivity index (χ1v) is 6.51. The Bertz CT molecular complexity index is 313. The molecule has 2 nitrogen and oxygen atoms in total. The van der Waals surface area contributed by atoms with Gasteiger partial charge in [0.2, 0.25) is 0 Å². The van der Waals surface area contributed by atoms with Gasteiger partial charge in [-0.1, -0.05) is 32.0 Å². The van der Waals surface area contributed by atoms with Crippen LogP contribution in [0.1, 0.15) is 31.4 Å². The van der Waals surface area contributed by atoms with Crippen LogP contribution in [0.15, 0.2) is 18.2 Å².